The third-order valence-corrected chi connectivity index (χ3v) is 6.23. The number of aromatic nitrogens is 1. The monoisotopic (exact) mass is 497 g/mol. The second kappa shape index (κ2) is 9.69. The Morgan fingerprint density at radius 3 is 2.66 bits per heavy atom. The summed E-state index contributed by atoms with van der Waals surface area (Å²) in [5.74, 6) is -0.729. The van der Waals surface area contributed by atoms with Crippen molar-refractivity contribution in [3.8, 4) is 0 Å². The second-order valence-electron chi connectivity index (χ2n) is 7.87. The summed E-state index contributed by atoms with van der Waals surface area (Å²) in [5, 5.41) is 0. The number of carbonyl (C=O) groups excluding carboxylic acids is 2. The fraction of sp³-hybridized carbons (Fsp3) is 0.280. The molecule has 7 heteroatoms. The van der Waals surface area contributed by atoms with Gasteiger partial charge in [-0.25, -0.2) is 4.39 Å². The number of hydrogen-bond donors (Lipinski definition) is 0. The molecule has 2 aromatic carbocycles. The molecule has 1 atom stereocenters. The predicted molar refractivity (Wildman–Crippen MR) is 125 cm³/mol. The molecule has 166 valence electrons. The maximum absolute atomic E-state index is 14.8. The summed E-state index contributed by atoms with van der Waals surface area (Å²) in [5.41, 5.74) is 1.86. The summed E-state index contributed by atoms with van der Waals surface area (Å²) in [6, 6.07) is 17.0. The molecule has 0 fully saturated rings. The number of halogens is 2. The van der Waals surface area contributed by atoms with Crippen LogP contribution in [-0.4, -0.2) is 45.8 Å². The molecule has 2 amide bonds. The SMILES string of the molecule is CCCN(CC(=O)N1CCn2cccc2C1c1ccccc1F)C(=O)c1cccc(Br)c1. The molecule has 3 aromatic rings. The van der Waals surface area contributed by atoms with E-state index in [1.165, 1.54) is 6.07 Å². The first-order valence-corrected chi connectivity index (χ1v) is 11.5. The minimum absolute atomic E-state index is 0.0507. The van der Waals surface area contributed by atoms with Gasteiger partial charge in [-0.3, -0.25) is 9.59 Å². The van der Waals surface area contributed by atoms with Gasteiger partial charge in [0.1, 0.15) is 18.4 Å². The maximum Gasteiger partial charge on any atom is 0.254 e. The molecule has 0 aliphatic carbocycles. The molecule has 1 aliphatic rings. The highest BCUT2D eigenvalue weighted by Gasteiger charge is 2.34. The van der Waals surface area contributed by atoms with Gasteiger partial charge in [0.15, 0.2) is 0 Å². The number of hydrogen-bond acceptors (Lipinski definition) is 2. The summed E-state index contributed by atoms with van der Waals surface area (Å²) in [7, 11) is 0. The Morgan fingerprint density at radius 2 is 1.91 bits per heavy atom. The summed E-state index contributed by atoms with van der Waals surface area (Å²) in [4.78, 5) is 29.9. The number of rotatable bonds is 6. The summed E-state index contributed by atoms with van der Waals surface area (Å²) in [6.07, 6.45) is 2.68. The molecule has 0 saturated carbocycles. The molecule has 4 rings (SSSR count). The van der Waals surface area contributed by atoms with E-state index >= 15 is 0 Å². The van der Waals surface area contributed by atoms with Crippen molar-refractivity contribution in [1.29, 1.82) is 0 Å². The molecule has 0 bridgehead atoms. The van der Waals surface area contributed by atoms with Crippen LogP contribution < -0.4 is 0 Å². The van der Waals surface area contributed by atoms with Crippen LogP contribution in [0.3, 0.4) is 0 Å². The lowest BCUT2D eigenvalue weighted by Crippen LogP contribution is -2.48. The first kappa shape index (κ1) is 22.3. The van der Waals surface area contributed by atoms with Gasteiger partial charge in [0.25, 0.3) is 5.91 Å². The molecule has 1 aliphatic heterocycles. The van der Waals surface area contributed by atoms with Crippen LogP contribution in [0, 0.1) is 5.82 Å². The number of fused-ring (bicyclic) bond motifs is 1. The van der Waals surface area contributed by atoms with Crippen LogP contribution >= 0.6 is 15.9 Å². The van der Waals surface area contributed by atoms with Crippen molar-refractivity contribution in [3.63, 3.8) is 0 Å². The van der Waals surface area contributed by atoms with Gasteiger partial charge in [0.05, 0.1) is 0 Å². The third kappa shape index (κ3) is 4.48. The molecule has 1 unspecified atom stereocenters. The Balaban J connectivity index is 1.63. The molecular formula is C25H25BrFN3O2. The van der Waals surface area contributed by atoms with E-state index in [1.54, 1.807) is 46.2 Å². The van der Waals surface area contributed by atoms with Gasteiger partial charge in [0, 0.05) is 47.1 Å². The fourth-order valence-corrected chi connectivity index (χ4v) is 4.66. The molecule has 1 aromatic heterocycles. The molecular weight excluding hydrogens is 473 g/mol. The zero-order valence-corrected chi connectivity index (χ0v) is 19.5. The highest BCUT2D eigenvalue weighted by atomic mass is 79.9. The first-order chi connectivity index (χ1) is 15.5. The van der Waals surface area contributed by atoms with E-state index in [1.807, 2.05) is 31.3 Å². The highest BCUT2D eigenvalue weighted by molar-refractivity contribution is 9.10. The normalized spacial score (nSPS) is 15.3. The van der Waals surface area contributed by atoms with Crippen LogP contribution in [0.1, 0.15) is 41.0 Å². The van der Waals surface area contributed by atoms with Crippen LogP contribution in [0.25, 0.3) is 0 Å². The Bertz CT molecular complexity index is 1130. The Labute approximate surface area is 195 Å². The lowest BCUT2D eigenvalue weighted by Gasteiger charge is -2.38. The zero-order valence-electron chi connectivity index (χ0n) is 17.9. The van der Waals surface area contributed by atoms with Crippen LogP contribution in [0.4, 0.5) is 4.39 Å². The van der Waals surface area contributed by atoms with E-state index in [-0.39, 0.29) is 24.2 Å². The van der Waals surface area contributed by atoms with Crippen molar-refractivity contribution in [2.45, 2.75) is 25.9 Å². The Morgan fingerprint density at radius 1 is 1.09 bits per heavy atom. The number of nitrogens with zero attached hydrogens (tertiary/aromatic N) is 3. The van der Waals surface area contributed by atoms with Gasteiger partial charge in [0.2, 0.25) is 5.91 Å². The smallest absolute Gasteiger partial charge is 0.254 e. The summed E-state index contributed by atoms with van der Waals surface area (Å²) < 4.78 is 17.6. The van der Waals surface area contributed by atoms with Crippen molar-refractivity contribution in [2.24, 2.45) is 0 Å². The summed E-state index contributed by atoms with van der Waals surface area (Å²) in [6.45, 7) is 3.47. The largest absolute Gasteiger partial charge is 0.348 e. The molecule has 0 radical (unpaired) electrons. The average molecular weight is 498 g/mol. The summed E-state index contributed by atoms with van der Waals surface area (Å²) >= 11 is 3.40. The van der Waals surface area contributed by atoms with E-state index < -0.39 is 6.04 Å². The second-order valence-corrected chi connectivity index (χ2v) is 8.79. The van der Waals surface area contributed by atoms with Crippen molar-refractivity contribution < 1.29 is 14.0 Å². The minimum atomic E-state index is -0.531. The lowest BCUT2D eigenvalue weighted by atomic mass is 9.99. The van der Waals surface area contributed by atoms with Gasteiger partial charge in [-0.1, -0.05) is 47.1 Å². The minimum Gasteiger partial charge on any atom is -0.348 e. The first-order valence-electron chi connectivity index (χ1n) is 10.7. The zero-order chi connectivity index (χ0) is 22.7. The molecule has 32 heavy (non-hydrogen) atoms. The molecule has 0 N–H and O–H groups in total. The quantitative estimate of drug-likeness (QED) is 0.487. The molecule has 5 nitrogen and oxygen atoms in total. The number of carbonyl (C=O) groups is 2. The van der Waals surface area contributed by atoms with Crippen molar-refractivity contribution in [2.75, 3.05) is 19.6 Å². The topological polar surface area (TPSA) is 45.6 Å². The van der Waals surface area contributed by atoms with E-state index in [9.17, 15) is 14.0 Å². The van der Waals surface area contributed by atoms with Crippen molar-refractivity contribution >= 4 is 27.7 Å². The van der Waals surface area contributed by atoms with Gasteiger partial charge < -0.3 is 14.4 Å². The van der Waals surface area contributed by atoms with Gasteiger partial charge in [-0.2, -0.15) is 0 Å². The van der Waals surface area contributed by atoms with Crippen LogP contribution in [0.15, 0.2) is 71.3 Å². The van der Waals surface area contributed by atoms with Gasteiger partial charge in [-0.15, -0.1) is 0 Å². The Kier molecular flexibility index (Phi) is 6.74. The fourth-order valence-electron chi connectivity index (χ4n) is 4.26. The van der Waals surface area contributed by atoms with Crippen LogP contribution in [0.2, 0.25) is 0 Å². The maximum atomic E-state index is 14.8. The van der Waals surface area contributed by atoms with E-state index in [0.717, 1.165) is 16.6 Å². The van der Waals surface area contributed by atoms with Crippen LogP contribution in [-0.2, 0) is 11.3 Å². The lowest BCUT2D eigenvalue weighted by molar-refractivity contribution is -0.134. The molecule has 2 heterocycles. The molecule has 0 spiro atoms. The number of amides is 2. The standard InChI is InChI=1S/C25H25BrFN3O2/c1-2-12-29(25(32)18-7-5-8-19(26)16-18)17-23(31)30-15-14-28-13-6-11-22(28)24(30)20-9-3-4-10-21(20)27/h3-11,13,16,24H,2,12,14-15,17H2,1H3. The number of benzene rings is 2. The van der Waals surface area contributed by atoms with E-state index in [4.69, 9.17) is 0 Å². The molecule has 0 saturated heterocycles. The van der Waals surface area contributed by atoms with Crippen molar-refractivity contribution in [3.05, 3.63) is 94.0 Å². The van der Waals surface area contributed by atoms with Gasteiger partial charge in [-0.05, 0) is 42.8 Å². The van der Waals surface area contributed by atoms with E-state index in [2.05, 4.69) is 20.5 Å². The third-order valence-electron chi connectivity index (χ3n) is 5.74. The average Bonchev–Trinajstić information content (AvgIpc) is 3.27. The Hall–Kier alpha value is -2.93. The highest BCUT2D eigenvalue weighted by Crippen LogP contribution is 2.34. The van der Waals surface area contributed by atoms with Crippen molar-refractivity contribution in [1.82, 2.24) is 14.4 Å². The van der Waals surface area contributed by atoms with Crippen LogP contribution in [0.5, 0.6) is 0 Å². The predicted octanol–water partition coefficient (Wildman–Crippen LogP) is 4.87. The van der Waals surface area contributed by atoms with Gasteiger partial charge >= 0.3 is 0 Å². The van der Waals surface area contributed by atoms with E-state index in [0.29, 0.717) is 30.8 Å².